The molecular formula is C96H100F10N16O16. The molecule has 8 aromatic carbocycles. The van der Waals surface area contributed by atoms with Gasteiger partial charge in [-0.1, -0.05) is 36.4 Å². The molecule has 5 aliphatic rings. The van der Waals surface area contributed by atoms with Crippen LogP contribution >= 0.6 is 0 Å². The van der Waals surface area contributed by atoms with Crippen molar-refractivity contribution >= 4 is 138 Å². The van der Waals surface area contributed by atoms with Crippen LogP contribution in [0.5, 0.6) is 0 Å². The molecule has 9 heterocycles. The van der Waals surface area contributed by atoms with Gasteiger partial charge in [0.25, 0.3) is 42.4 Å². The number of aryl methyl sites for hydroxylation is 4. The monoisotopic (exact) mass is 1920 g/mol. The first-order valence-corrected chi connectivity index (χ1v) is 44.4. The predicted octanol–water partition coefficient (Wildman–Crippen LogP) is 17.9. The molecule has 8 amide bonds. The molecule has 5 aliphatic heterocycles. The molecular weight excluding hydrogens is 1820 g/mol. The molecule has 5 fully saturated rings. The summed E-state index contributed by atoms with van der Waals surface area (Å²) in [4.78, 5) is 126. The second kappa shape index (κ2) is 41.8. The van der Waals surface area contributed by atoms with Crippen molar-refractivity contribution in [3.05, 3.63) is 214 Å². The van der Waals surface area contributed by atoms with Gasteiger partial charge in [0.1, 0.15) is 6.10 Å². The van der Waals surface area contributed by atoms with E-state index in [1.165, 1.54) is 54.6 Å². The highest BCUT2D eigenvalue weighted by Crippen LogP contribution is 2.41. The maximum absolute atomic E-state index is 13.1. The zero-order valence-electron chi connectivity index (χ0n) is 75.7. The van der Waals surface area contributed by atoms with Gasteiger partial charge in [-0.05, 0) is 214 Å². The third kappa shape index (κ3) is 22.4. The van der Waals surface area contributed by atoms with E-state index in [0.29, 0.717) is 171 Å². The van der Waals surface area contributed by atoms with Gasteiger partial charge in [-0.2, -0.15) is 26.3 Å². The number of benzene rings is 8. The van der Waals surface area contributed by atoms with Crippen molar-refractivity contribution in [1.29, 1.82) is 0 Å². The Labute approximate surface area is 782 Å². The zero-order chi connectivity index (χ0) is 99.0. The van der Waals surface area contributed by atoms with Crippen LogP contribution < -0.4 is 40.9 Å². The molecule has 42 heteroatoms. The second-order valence-electron chi connectivity index (χ2n) is 35.0. The summed E-state index contributed by atoms with van der Waals surface area (Å²) in [5, 5.41) is 47.9. The third-order valence-corrected chi connectivity index (χ3v) is 24.0. The molecule has 2 atom stereocenters. The number of fused-ring (bicyclic) bond motifs is 6. The van der Waals surface area contributed by atoms with Crippen LogP contribution in [0.15, 0.2) is 170 Å². The van der Waals surface area contributed by atoms with E-state index >= 15 is 0 Å². The van der Waals surface area contributed by atoms with Gasteiger partial charge in [0.2, 0.25) is 23.8 Å². The Hall–Kier alpha value is -14.1. The quantitative estimate of drug-likeness (QED) is 0.0184. The molecule has 0 saturated carbocycles. The number of carbonyl (C=O) groups is 8. The summed E-state index contributed by atoms with van der Waals surface area (Å²) in [6.07, 6.45) is -11.3. The standard InChI is InChI=1S/C24H23F3N4O4.C24H25F3N4O4.2C24H26F2N4O4/c25-24(26,27)15-4-1-3-14(11-15)21(33)29-23-28-18-12-16(5-7-19(18)30(23)9-2-10-32)31-13-17-6-8-20(35-17)22(31)34;1-23(2)9-12-35-22(34)31(23)17-7-8-19-18(14-17)28-21(30(19)10-4-11-32)29-20(33)15-5-3-6-16(13-15)24(25,26)27;1-24(2)9-12-34-23(33)30(24)17-7-8-19-18(14-17)27-22(29(19)10-4-11-31)28-21(32)16-6-3-5-15(13-16)20(25)26;1-24(2)9-12-34-23(33)30(24)17-7-8-18-19(14-17)29(10-4-11-31)22(27-18)28-21(32)16-6-3-5-15(13-16)20(25)26/h1,3-5,7,11-12,17,20,32H,2,6,8-10,13H2,(H,28,29,33);3,5-8,13-14,32H,4,9-12H2,1-2H3,(H,28,29,33);2*3,5-8,13-14,20,31H,4,9-12H2,1-2H3,(H,27,28,32). The van der Waals surface area contributed by atoms with Crippen LogP contribution in [-0.4, -0.2) is 188 Å². The lowest BCUT2D eigenvalue weighted by molar-refractivity contribution is -0.138. The average Bonchev–Trinajstić information content (AvgIpc) is 1.55. The number of anilines is 8. The molecule has 0 aliphatic carbocycles. The van der Waals surface area contributed by atoms with E-state index in [2.05, 4.69) is 41.2 Å². The predicted molar refractivity (Wildman–Crippen MR) is 491 cm³/mol. The van der Waals surface area contributed by atoms with Gasteiger partial charge in [0.15, 0.2) is 0 Å². The lowest BCUT2D eigenvalue weighted by Crippen LogP contribution is -2.52. The van der Waals surface area contributed by atoms with Gasteiger partial charge in [0, 0.05) is 145 Å². The Bertz CT molecular complexity index is 6490. The largest absolute Gasteiger partial charge is 0.449 e. The number of aliphatic hydroxyl groups is 4. The average molecular weight is 1920 g/mol. The van der Waals surface area contributed by atoms with E-state index in [-0.39, 0.29) is 95.6 Å². The number of hydrogen-bond donors (Lipinski definition) is 8. The Morgan fingerprint density at radius 1 is 0.399 bits per heavy atom. The van der Waals surface area contributed by atoms with Crippen LogP contribution in [0.1, 0.15) is 176 Å². The molecule has 8 N–H and O–H groups in total. The van der Waals surface area contributed by atoms with Gasteiger partial charge in [-0.3, -0.25) is 59.9 Å². The number of nitrogens with one attached hydrogen (secondary N) is 4. The van der Waals surface area contributed by atoms with Gasteiger partial charge in [-0.25, -0.2) is 51.9 Å². The molecule has 0 spiro atoms. The van der Waals surface area contributed by atoms with Crippen LogP contribution in [0.3, 0.4) is 0 Å². The summed E-state index contributed by atoms with van der Waals surface area (Å²) >= 11 is 0. The highest BCUT2D eigenvalue weighted by Gasteiger charge is 2.44. The van der Waals surface area contributed by atoms with E-state index in [1.54, 1.807) is 111 Å². The lowest BCUT2D eigenvalue weighted by atomic mass is 9.97. The van der Waals surface area contributed by atoms with Gasteiger partial charge in [-0.15, -0.1) is 0 Å². The van der Waals surface area contributed by atoms with Crippen molar-refractivity contribution in [1.82, 2.24) is 38.2 Å². The van der Waals surface area contributed by atoms with Crippen molar-refractivity contribution in [2.45, 2.75) is 180 Å². The number of amides is 8. The molecule has 0 radical (unpaired) electrons. The number of morpholine rings is 1. The number of cyclic esters (lactones) is 3. The maximum atomic E-state index is 13.1. The van der Waals surface area contributed by atoms with Crippen LogP contribution in [0.25, 0.3) is 44.1 Å². The van der Waals surface area contributed by atoms with Crippen LogP contribution in [0, 0.1) is 0 Å². The minimum Gasteiger partial charge on any atom is -0.449 e. The number of aliphatic hydroxyl groups excluding tert-OH is 4. The summed E-state index contributed by atoms with van der Waals surface area (Å²) in [6, 6.07) is 39.9. The number of alkyl halides is 10. The highest BCUT2D eigenvalue weighted by molar-refractivity contribution is 6.08. The van der Waals surface area contributed by atoms with Crippen LogP contribution in [0.2, 0.25) is 0 Å². The topological polar surface area (TPSA) is 387 Å². The van der Waals surface area contributed by atoms with E-state index < -0.39 is 101 Å². The molecule has 5 saturated heterocycles. The zero-order valence-corrected chi connectivity index (χ0v) is 75.7. The minimum atomic E-state index is -4.58. The van der Waals surface area contributed by atoms with E-state index in [9.17, 15) is 103 Å². The summed E-state index contributed by atoms with van der Waals surface area (Å²) in [7, 11) is 0. The number of hydrogen-bond acceptors (Lipinski definition) is 20. The molecule has 32 nitrogen and oxygen atoms in total. The molecule has 2 unspecified atom stereocenters. The SMILES string of the molecule is CC1(C)CCOC(=O)N1c1ccc2c(c1)nc(NC(=O)c1cccc(C(F)(F)F)c1)n2CCCO.CC1(C)CCOC(=O)N1c1ccc2c(c1)nc(NC(=O)c1cccc(C(F)F)c1)n2CCCO.CC1(C)CCOC(=O)N1c1ccc2nc(NC(=O)c3cccc(C(F)F)c3)n(CCCO)c2c1.O=C(Nc1nc2cc(N3CC4CCC(O4)C3=O)ccc2n1CCCO)c1cccc(C(F)(F)F)c1. The summed E-state index contributed by atoms with van der Waals surface area (Å²) in [6.45, 7) is 14.2. The Morgan fingerprint density at radius 3 is 1.07 bits per heavy atom. The second-order valence-corrected chi connectivity index (χ2v) is 35.0. The maximum Gasteiger partial charge on any atom is 0.416 e. The summed E-state index contributed by atoms with van der Waals surface area (Å²) < 4.78 is 159. The first kappa shape index (κ1) is 99.9. The number of imidazole rings is 4. The normalized spacial score (nSPS) is 16.8. The number of halogens is 10. The van der Waals surface area contributed by atoms with Crippen LogP contribution in [-0.2, 0) is 62.3 Å². The van der Waals surface area contributed by atoms with Crippen molar-refractivity contribution in [2.75, 3.05) is 93.7 Å². The Morgan fingerprint density at radius 2 is 0.717 bits per heavy atom. The van der Waals surface area contributed by atoms with Crippen molar-refractivity contribution in [3.63, 3.8) is 0 Å². The first-order chi connectivity index (χ1) is 65.7. The fourth-order valence-electron chi connectivity index (χ4n) is 16.8. The van der Waals surface area contributed by atoms with E-state index in [0.717, 1.165) is 48.9 Å². The van der Waals surface area contributed by atoms with Crippen LogP contribution in [0.4, 0.5) is 105 Å². The fourth-order valence-corrected chi connectivity index (χ4v) is 16.8. The van der Waals surface area contributed by atoms with E-state index in [4.69, 9.17) is 18.9 Å². The lowest BCUT2D eigenvalue weighted by Gasteiger charge is -2.41. The van der Waals surface area contributed by atoms with Crippen molar-refractivity contribution in [2.24, 2.45) is 0 Å². The Balaban J connectivity index is 0.000000147. The molecule has 138 heavy (non-hydrogen) atoms. The van der Waals surface area contributed by atoms with Gasteiger partial charge >= 0.3 is 30.6 Å². The summed E-state index contributed by atoms with van der Waals surface area (Å²) in [5.74, 6) is -2.06. The van der Waals surface area contributed by atoms with Crippen molar-refractivity contribution < 1.29 is 122 Å². The number of aromatic nitrogens is 8. The van der Waals surface area contributed by atoms with Gasteiger partial charge in [0.05, 0.1) is 87.7 Å². The molecule has 2 bridgehead atoms. The third-order valence-electron chi connectivity index (χ3n) is 24.0. The molecule has 17 rings (SSSR count). The number of carbonyl (C=O) groups excluding carboxylic acids is 8. The fraction of sp³-hybridized carbons (Fsp3) is 0.375. The number of rotatable bonds is 26. The van der Waals surface area contributed by atoms with Gasteiger partial charge < -0.3 is 62.5 Å². The highest BCUT2D eigenvalue weighted by atomic mass is 19.4. The molecule has 730 valence electrons. The van der Waals surface area contributed by atoms with Crippen molar-refractivity contribution in [3.8, 4) is 0 Å². The number of ether oxygens (including phenoxy) is 4. The first-order valence-electron chi connectivity index (χ1n) is 44.4. The Kier molecular flexibility index (Phi) is 30.3. The minimum absolute atomic E-state index is 0.00202. The number of nitrogens with zero attached hydrogens (tertiary/aromatic N) is 12. The molecule has 4 aromatic heterocycles. The summed E-state index contributed by atoms with van der Waals surface area (Å²) in [5.41, 5.74) is 3.25. The smallest absolute Gasteiger partial charge is 0.416 e. The van der Waals surface area contributed by atoms with E-state index in [1.807, 2.05) is 41.5 Å². The molecule has 12 aromatic rings.